The maximum atomic E-state index is 12.2. The average molecular weight is 484 g/mol. The van der Waals surface area contributed by atoms with Gasteiger partial charge in [0, 0.05) is 30.7 Å². The van der Waals surface area contributed by atoms with Crippen molar-refractivity contribution in [1.29, 1.82) is 0 Å². The highest BCUT2D eigenvalue weighted by Gasteiger charge is 2.44. The number of sulfonamides is 1. The Morgan fingerprint density at radius 3 is 2.47 bits per heavy atom. The van der Waals surface area contributed by atoms with Crippen molar-refractivity contribution in [3.63, 3.8) is 0 Å². The van der Waals surface area contributed by atoms with Gasteiger partial charge < -0.3 is 9.64 Å². The van der Waals surface area contributed by atoms with Crippen LogP contribution >= 0.6 is 0 Å². The van der Waals surface area contributed by atoms with Crippen LogP contribution in [0.2, 0.25) is 0 Å². The summed E-state index contributed by atoms with van der Waals surface area (Å²) in [5.41, 5.74) is 1.44. The van der Waals surface area contributed by atoms with Gasteiger partial charge in [0.25, 0.3) is 0 Å². The number of aromatic nitrogens is 1. The lowest BCUT2D eigenvalue weighted by Gasteiger charge is -2.39. The maximum absolute atomic E-state index is 12.2. The summed E-state index contributed by atoms with van der Waals surface area (Å²) in [5.74, 6) is 2.19. The van der Waals surface area contributed by atoms with Gasteiger partial charge in [0.15, 0.2) is 0 Å². The number of fused-ring (bicyclic) bond motifs is 4. The molecule has 2 bridgehead atoms. The molecule has 7 heteroatoms. The summed E-state index contributed by atoms with van der Waals surface area (Å²) in [5, 5.41) is 0. The van der Waals surface area contributed by atoms with Crippen molar-refractivity contribution in [2.75, 3.05) is 24.3 Å². The van der Waals surface area contributed by atoms with Crippen LogP contribution in [0, 0.1) is 11.8 Å². The van der Waals surface area contributed by atoms with Crippen LogP contribution in [0.15, 0.2) is 54.7 Å². The molecule has 1 aromatic carbocycles. The Morgan fingerprint density at radius 2 is 1.76 bits per heavy atom. The van der Waals surface area contributed by atoms with Gasteiger partial charge in [-0.05, 0) is 74.5 Å². The lowest BCUT2D eigenvalue weighted by atomic mass is 9.82. The van der Waals surface area contributed by atoms with Crippen molar-refractivity contribution in [1.82, 2.24) is 9.71 Å². The SMILES string of the molecule is CS(=O)(=O)NC1C[C@H]2CCC(CN2c2ccccn2)[C@H]1COC1CCC(c2ccccc2)CC1. The molecule has 1 aromatic heterocycles. The van der Waals surface area contributed by atoms with E-state index >= 15 is 0 Å². The molecule has 4 atom stereocenters. The zero-order valence-corrected chi connectivity index (χ0v) is 20.9. The van der Waals surface area contributed by atoms with Crippen LogP contribution in [0.1, 0.15) is 56.4 Å². The Kier molecular flexibility index (Phi) is 7.23. The van der Waals surface area contributed by atoms with E-state index in [0.717, 1.165) is 57.3 Å². The quantitative estimate of drug-likeness (QED) is 0.634. The second kappa shape index (κ2) is 10.3. The van der Waals surface area contributed by atoms with Crippen molar-refractivity contribution in [2.24, 2.45) is 11.8 Å². The molecule has 2 aliphatic heterocycles. The molecule has 1 N–H and O–H groups in total. The lowest BCUT2D eigenvalue weighted by molar-refractivity contribution is -0.0115. The normalized spacial score (nSPS) is 31.9. The summed E-state index contributed by atoms with van der Waals surface area (Å²) >= 11 is 0. The molecule has 0 spiro atoms. The van der Waals surface area contributed by atoms with E-state index in [0.29, 0.717) is 24.5 Å². The molecule has 0 amide bonds. The van der Waals surface area contributed by atoms with Crippen LogP contribution in [0.3, 0.4) is 0 Å². The van der Waals surface area contributed by atoms with E-state index in [9.17, 15) is 8.42 Å². The topological polar surface area (TPSA) is 71.5 Å². The van der Waals surface area contributed by atoms with Gasteiger partial charge in [-0.25, -0.2) is 18.1 Å². The molecular weight excluding hydrogens is 446 g/mol. The molecule has 2 aliphatic carbocycles. The minimum absolute atomic E-state index is 0.0955. The molecule has 2 saturated heterocycles. The van der Waals surface area contributed by atoms with Gasteiger partial charge in [-0.2, -0.15) is 0 Å². The van der Waals surface area contributed by atoms with Crippen LogP contribution in [0.4, 0.5) is 5.82 Å². The maximum Gasteiger partial charge on any atom is 0.208 e. The van der Waals surface area contributed by atoms with Crippen molar-refractivity contribution in [3.8, 4) is 0 Å². The lowest BCUT2D eigenvalue weighted by Crippen LogP contribution is -2.44. The number of hydrogen-bond acceptors (Lipinski definition) is 5. The van der Waals surface area contributed by atoms with Crippen LogP contribution < -0.4 is 9.62 Å². The monoisotopic (exact) mass is 483 g/mol. The van der Waals surface area contributed by atoms with Gasteiger partial charge in [-0.3, -0.25) is 0 Å². The Balaban J connectivity index is 1.25. The smallest absolute Gasteiger partial charge is 0.208 e. The minimum Gasteiger partial charge on any atom is -0.378 e. The molecule has 2 unspecified atom stereocenters. The first-order valence-electron chi connectivity index (χ1n) is 12.8. The number of pyridine rings is 1. The summed E-state index contributed by atoms with van der Waals surface area (Å²) in [6, 6.07) is 17.1. The number of piperidine rings is 1. The third-order valence-corrected chi connectivity index (χ3v) is 8.90. The molecule has 2 saturated carbocycles. The number of nitrogens with one attached hydrogen (secondary N) is 1. The molecule has 184 valence electrons. The van der Waals surface area contributed by atoms with Gasteiger partial charge in [-0.15, -0.1) is 0 Å². The zero-order valence-electron chi connectivity index (χ0n) is 20.1. The summed E-state index contributed by atoms with van der Waals surface area (Å²) in [6.07, 6.45) is 10.8. The Hall–Kier alpha value is -1.96. The van der Waals surface area contributed by atoms with Crippen molar-refractivity contribution in [2.45, 2.75) is 69.1 Å². The second-order valence-electron chi connectivity index (χ2n) is 10.4. The fourth-order valence-electron chi connectivity index (χ4n) is 6.45. The zero-order chi connectivity index (χ0) is 23.5. The standard InChI is InChI=1S/C27H37N3O3S/c1-34(31,32)29-26-17-23-13-10-22(18-30(23)27-9-5-6-16-28-27)25(26)19-33-24-14-11-21(12-15-24)20-7-3-2-4-8-20/h2-9,16,21-26,29H,10-15,17-19H2,1H3/t21?,22?,23-,24?,25-,26?/m1/s1. The largest absolute Gasteiger partial charge is 0.378 e. The van der Waals surface area contributed by atoms with E-state index in [1.807, 2.05) is 18.3 Å². The Morgan fingerprint density at radius 1 is 1.00 bits per heavy atom. The summed E-state index contributed by atoms with van der Waals surface area (Å²) in [6.45, 7) is 1.54. The number of nitrogens with zero attached hydrogens (tertiary/aromatic N) is 2. The van der Waals surface area contributed by atoms with Gasteiger partial charge in [0.2, 0.25) is 10.0 Å². The highest BCUT2D eigenvalue weighted by molar-refractivity contribution is 7.88. The van der Waals surface area contributed by atoms with Gasteiger partial charge in [0.1, 0.15) is 5.82 Å². The predicted molar refractivity (Wildman–Crippen MR) is 135 cm³/mol. The Labute approximate surface area is 204 Å². The molecule has 3 heterocycles. The van der Waals surface area contributed by atoms with Crippen molar-refractivity contribution >= 4 is 15.8 Å². The summed E-state index contributed by atoms with van der Waals surface area (Å²) in [7, 11) is -3.29. The van der Waals surface area contributed by atoms with Crippen LogP contribution in [-0.4, -0.2) is 51.0 Å². The van der Waals surface area contributed by atoms with Gasteiger partial charge >= 0.3 is 0 Å². The molecule has 34 heavy (non-hydrogen) atoms. The van der Waals surface area contributed by atoms with Crippen LogP contribution in [0.5, 0.6) is 0 Å². The third-order valence-electron chi connectivity index (χ3n) is 8.17. The molecule has 2 aromatic rings. The molecule has 6 rings (SSSR count). The van der Waals surface area contributed by atoms with Gasteiger partial charge in [0.05, 0.1) is 19.0 Å². The summed E-state index contributed by atoms with van der Waals surface area (Å²) < 4.78 is 34.0. The van der Waals surface area contributed by atoms with Crippen molar-refractivity contribution < 1.29 is 13.2 Å². The number of benzene rings is 1. The van der Waals surface area contributed by atoms with Gasteiger partial charge in [-0.1, -0.05) is 36.4 Å². The highest BCUT2D eigenvalue weighted by atomic mass is 32.2. The molecular formula is C27H37N3O3S. The van der Waals surface area contributed by atoms with Crippen LogP contribution in [0.25, 0.3) is 0 Å². The van der Waals surface area contributed by atoms with E-state index in [1.165, 1.54) is 11.8 Å². The van der Waals surface area contributed by atoms with E-state index in [2.05, 4.69) is 51.0 Å². The number of ether oxygens (including phenoxy) is 1. The molecule has 4 aliphatic rings. The number of rotatable bonds is 7. The van der Waals surface area contributed by atoms with E-state index in [4.69, 9.17) is 4.74 Å². The van der Waals surface area contributed by atoms with E-state index < -0.39 is 10.0 Å². The first kappa shape index (κ1) is 23.8. The third kappa shape index (κ3) is 5.64. The molecule has 4 fully saturated rings. The molecule has 0 radical (unpaired) electrons. The minimum atomic E-state index is -3.29. The fourth-order valence-corrected chi connectivity index (χ4v) is 7.27. The van der Waals surface area contributed by atoms with Crippen molar-refractivity contribution in [3.05, 3.63) is 60.3 Å². The number of hydrogen-bond donors (Lipinski definition) is 1. The average Bonchev–Trinajstić information content (AvgIpc) is 3.09. The van der Waals surface area contributed by atoms with E-state index in [1.54, 1.807) is 0 Å². The second-order valence-corrected chi connectivity index (χ2v) is 12.2. The van der Waals surface area contributed by atoms with Crippen LogP contribution in [-0.2, 0) is 14.8 Å². The first-order chi connectivity index (χ1) is 16.5. The Bertz CT molecular complexity index is 1030. The number of anilines is 1. The predicted octanol–water partition coefficient (Wildman–Crippen LogP) is 4.35. The first-order valence-corrected chi connectivity index (χ1v) is 14.7. The summed E-state index contributed by atoms with van der Waals surface area (Å²) in [4.78, 5) is 6.99. The molecule has 6 nitrogen and oxygen atoms in total. The highest BCUT2D eigenvalue weighted by Crippen LogP contribution is 2.40. The van der Waals surface area contributed by atoms with E-state index in [-0.39, 0.29) is 18.1 Å². The fraction of sp³-hybridized carbons (Fsp3) is 0.593.